The Labute approximate surface area is 188 Å². The Morgan fingerprint density at radius 2 is 1.55 bits per heavy atom. The van der Waals surface area contributed by atoms with Gasteiger partial charge >= 0.3 is 5.97 Å². The van der Waals surface area contributed by atoms with Crippen LogP contribution >= 0.6 is 23.2 Å². The molecule has 7 heteroatoms. The van der Waals surface area contributed by atoms with Gasteiger partial charge in [0.1, 0.15) is 11.2 Å². The van der Waals surface area contributed by atoms with Crippen molar-refractivity contribution in [2.24, 2.45) is 5.92 Å². The average molecular weight is 452 g/mol. The zero-order valence-corrected chi connectivity index (χ0v) is 17.6. The lowest BCUT2D eigenvalue weighted by molar-refractivity contribution is -0.141. The Balaban J connectivity index is 1.73. The van der Waals surface area contributed by atoms with E-state index < -0.39 is 23.2 Å². The molecular formula is C24H15Cl2NO4. The normalized spacial score (nSPS) is 22.6. The minimum Gasteiger partial charge on any atom is -0.425 e. The number of carbonyl (C=O) groups excluding carboxylic acids is 3. The first-order valence-electron chi connectivity index (χ1n) is 9.63. The summed E-state index contributed by atoms with van der Waals surface area (Å²) >= 11 is 12.3. The summed E-state index contributed by atoms with van der Waals surface area (Å²) in [5, 5.41) is 0.878. The van der Waals surface area contributed by atoms with Crippen molar-refractivity contribution in [2.75, 3.05) is 4.90 Å². The molecule has 2 aliphatic rings. The van der Waals surface area contributed by atoms with Crippen LogP contribution in [-0.4, -0.2) is 17.8 Å². The van der Waals surface area contributed by atoms with Crippen molar-refractivity contribution in [3.05, 3.63) is 94.0 Å². The van der Waals surface area contributed by atoms with Gasteiger partial charge in [-0.25, -0.2) is 0 Å². The third kappa shape index (κ3) is 2.88. The molecule has 0 saturated carbocycles. The fraction of sp³-hybridized carbons (Fsp3) is 0.125. The summed E-state index contributed by atoms with van der Waals surface area (Å²) in [6.45, 7) is 0. The third-order valence-electron chi connectivity index (χ3n) is 5.87. The van der Waals surface area contributed by atoms with E-state index in [1.54, 1.807) is 72.8 Å². The van der Waals surface area contributed by atoms with Crippen molar-refractivity contribution in [3.8, 4) is 5.75 Å². The first-order chi connectivity index (χ1) is 14.9. The van der Waals surface area contributed by atoms with Gasteiger partial charge in [0.05, 0.1) is 11.6 Å². The van der Waals surface area contributed by atoms with Crippen LogP contribution < -0.4 is 9.64 Å². The first-order valence-corrected chi connectivity index (χ1v) is 10.4. The van der Waals surface area contributed by atoms with Crippen LogP contribution in [0.3, 0.4) is 0 Å². The zero-order valence-electron chi connectivity index (χ0n) is 16.0. The molecule has 0 aromatic heterocycles. The van der Waals surface area contributed by atoms with Crippen LogP contribution in [0.1, 0.15) is 17.5 Å². The molecule has 0 bridgehead atoms. The molecule has 0 unspecified atom stereocenters. The summed E-state index contributed by atoms with van der Waals surface area (Å²) < 4.78 is 5.59. The number of rotatable bonds is 3. The molecule has 2 aliphatic heterocycles. The number of nitrogens with zero attached hydrogens (tertiary/aromatic N) is 1. The second-order valence-corrected chi connectivity index (χ2v) is 8.38. The number of para-hydroxylation sites is 1. The van der Waals surface area contributed by atoms with Crippen molar-refractivity contribution in [2.45, 2.75) is 11.8 Å². The molecule has 2 atom stereocenters. The van der Waals surface area contributed by atoms with Crippen LogP contribution in [-0.2, 0) is 19.8 Å². The Morgan fingerprint density at radius 3 is 2.26 bits per heavy atom. The number of ether oxygens (including phenoxy) is 1. The number of benzene rings is 3. The molecule has 0 radical (unpaired) electrons. The van der Waals surface area contributed by atoms with Gasteiger partial charge in [-0.2, -0.15) is 0 Å². The van der Waals surface area contributed by atoms with E-state index in [-0.39, 0.29) is 12.3 Å². The predicted molar refractivity (Wildman–Crippen MR) is 116 cm³/mol. The van der Waals surface area contributed by atoms with E-state index in [0.29, 0.717) is 32.6 Å². The van der Waals surface area contributed by atoms with E-state index in [9.17, 15) is 14.4 Å². The lowest BCUT2D eigenvalue weighted by Gasteiger charge is -2.31. The standard InChI is InChI=1S/C24H15Cl2NO4/c25-15-8-6-14(7-9-15)24(18-12-16(26)10-11-20(18)31-23(24)30)19-13-21(28)27(22(19)29)17-4-2-1-3-5-17/h1-12,19H,13H2/t19-,24+/m1/s1. The summed E-state index contributed by atoms with van der Waals surface area (Å²) in [5.41, 5.74) is -0.0672. The van der Waals surface area contributed by atoms with Crippen molar-refractivity contribution < 1.29 is 19.1 Å². The minimum absolute atomic E-state index is 0.141. The number of imide groups is 1. The molecule has 2 amide bonds. The minimum atomic E-state index is -1.51. The summed E-state index contributed by atoms with van der Waals surface area (Å²) in [7, 11) is 0. The maximum Gasteiger partial charge on any atom is 0.327 e. The van der Waals surface area contributed by atoms with Gasteiger partial charge in [0.15, 0.2) is 0 Å². The number of hydrogen-bond acceptors (Lipinski definition) is 4. The van der Waals surface area contributed by atoms with Crippen LogP contribution in [0.5, 0.6) is 5.75 Å². The van der Waals surface area contributed by atoms with Gasteiger partial charge in [-0.05, 0) is 48.0 Å². The van der Waals surface area contributed by atoms with E-state index in [1.165, 1.54) is 0 Å². The smallest absolute Gasteiger partial charge is 0.327 e. The highest BCUT2D eigenvalue weighted by Crippen LogP contribution is 2.53. The fourth-order valence-electron chi connectivity index (χ4n) is 4.53. The Bertz CT molecular complexity index is 1230. The van der Waals surface area contributed by atoms with E-state index in [1.807, 2.05) is 0 Å². The summed E-state index contributed by atoms with van der Waals surface area (Å²) in [6, 6.07) is 20.2. The second kappa shape index (κ2) is 7.22. The molecule has 5 nitrogen and oxygen atoms in total. The summed E-state index contributed by atoms with van der Waals surface area (Å²) in [6.07, 6.45) is -0.141. The maximum absolute atomic E-state index is 13.6. The monoisotopic (exact) mass is 451 g/mol. The Kier molecular flexibility index (Phi) is 4.61. The molecule has 0 aliphatic carbocycles. The Morgan fingerprint density at radius 1 is 0.871 bits per heavy atom. The summed E-state index contributed by atoms with van der Waals surface area (Å²) in [5.74, 6) is -2.13. The number of anilines is 1. The number of esters is 1. The number of hydrogen-bond donors (Lipinski definition) is 0. The second-order valence-electron chi connectivity index (χ2n) is 7.50. The molecule has 3 aromatic rings. The number of halogens is 2. The predicted octanol–water partition coefficient (Wildman–Crippen LogP) is 4.78. The molecule has 0 N–H and O–H groups in total. The molecule has 154 valence electrons. The van der Waals surface area contributed by atoms with Gasteiger partial charge in [0.25, 0.3) is 0 Å². The molecule has 31 heavy (non-hydrogen) atoms. The van der Waals surface area contributed by atoms with Gasteiger partial charge in [-0.1, -0.05) is 53.5 Å². The zero-order chi connectivity index (χ0) is 21.8. The molecule has 1 saturated heterocycles. The van der Waals surface area contributed by atoms with E-state index >= 15 is 0 Å². The average Bonchev–Trinajstić information content (AvgIpc) is 3.22. The van der Waals surface area contributed by atoms with Crippen molar-refractivity contribution >= 4 is 46.7 Å². The third-order valence-corrected chi connectivity index (χ3v) is 6.36. The van der Waals surface area contributed by atoms with Crippen molar-refractivity contribution in [3.63, 3.8) is 0 Å². The molecule has 1 fully saturated rings. The van der Waals surface area contributed by atoms with Gasteiger partial charge in [-0.3, -0.25) is 19.3 Å². The van der Waals surface area contributed by atoms with Gasteiger partial charge in [0.2, 0.25) is 11.8 Å². The lowest BCUT2D eigenvalue weighted by atomic mass is 9.66. The quantitative estimate of drug-likeness (QED) is 0.326. The SMILES string of the molecule is O=C1C[C@@H]([C@@]2(c3ccc(Cl)cc3)C(=O)Oc3ccc(Cl)cc32)C(=O)N1c1ccccc1. The van der Waals surface area contributed by atoms with Gasteiger partial charge in [-0.15, -0.1) is 0 Å². The molecule has 2 heterocycles. The van der Waals surface area contributed by atoms with Crippen molar-refractivity contribution in [1.29, 1.82) is 0 Å². The van der Waals surface area contributed by atoms with Crippen LogP contribution in [0.2, 0.25) is 10.0 Å². The molecular weight excluding hydrogens is 437 g/mol. The van der Waals surface area contributed by atoms with Gasteiger partial charge in [0, 0.05) is 22.0 Å². The molecule has 5 rings (SSSR count). The first kappa shape index (κ1) is 19.8. The number of carbonyl (C=O) groups is 3. The summed E-state index contributed by atoms with van der Waals surface area (Å²) in [4.78, 5) is 41.2. The van der Waals surface area contributed by atoms with Crippen LogP contribution in [0.4, 0.5) is 5.69 Å². The van der Waals surface area contributed by atoms with E-state index in [4.69, 9.17) is 27.9 Å². The van der Waals surface area contributed by atoms with Crippen LogP contribution in [0.25, 0.3) is 0 Å². The van der Waals surface area contributed by atoms with Gasteiger partial charge < -0.3 is 4.74 Å². The number of fused-ring (bicyclic) bond motifs is 1. The van der Waals surface area contributed by atoms with Crippen LogP contribution in [0.15, 0.2) is 72.8 Å². The topological polar surface area (TPSA) is 63.7 Å². The number of amides is 2. The highest BCUT2D eigenvalue weighted by Gasteiger charge is 2.62. The maximum atomic E-state index is 13.6. The Hall–Kier alpha value is -3.15. The molecule has 3 aromatic carbocycles. The van der Waals surface area contributed by atoms with Crippen LogP contribution in [0, 0.1) is 5.92 Å². The fourth-order valence-corrected chi connectivity index (χ4v) is 4.82. The van der Waals surface area contributed by atoms with Crippen molar-refractivity contribution in [1.82, 2.24) is 0 Å². The highest BCUT2D eigenvalue weighted by atomic mass is 35.5. The van der Waals surface area contributed by atoms with E-state index in [0.717, 1.165) is 4.90 Å². The largest absolute Gasteiger partial charge is 0.425 e. The lowest BCUT2D eigenvalue weighted by Crippen LogP contribution is -2.46. The van der Waals surface area contributed by atoms with E-state index in [2.05, 4.69) is 0 Å². The highest BCUT2D eigenvalue weighted by molar-refractivity contribution is 6.31. The molecule has 0 spiro atoms.